The van der Waals surface area contributed by atoms with Crippen molar-refractivity contribution < 1.29 is 27.9 Å². The van der Waals surface area contributed by atoms with Crippen molar-refractivity contribution in [1.29, 1.82) is 0 Å². The highest BCUT2D eigenvalue weighted by molar-refractivity contribution is 6.17. The van der Waals surface area contributed by atoms with Crippen molar-refractivity contribution in [3.63, 3.8) is 0 Å². The summed E-state index contributed by atoms with van der Waals surface area (Å²) in [6, 6.07) is 31.3. The molecule has 0 saturated carbocycles. The number of carbonyl (C=O) groups excluding carboxylic acids is 2. The number of hydrogen-bond donors (Lipinski definition) is 1. The van der Waals surface area contributed by atoms with E-state index in [4.69, 9.17) is 29.9 Å². The van der Waals surface area contributed by atoms with E-state index in [1.807, 2.05) is 97.3 Å². The summed E-state index contributed by atoms with van der Waals surface area (Å²) in [5.74, 6) is 0.280. The third kappa shape index (κ3) is 9.23. The number of H-pyrrole nitrogens is 1. The van der Waals surface area contributed by atoms with E-state index in [1.54, 1.807) is 20.2 Å². The first kappa shape index (κ1) is 36.3. The van der Waals surface area contributed by atoms with Crippen LogP contribution in [0.3, 0.4) is 0 Å². The molecule has 0 spiro atoms. The Labute approximate surface area is 309 Å². The standard InChI is InChI=1S/C20H17N3O3.C13H12ClNO3.C7H6N2/c1-2-25-20(24)17-12-26-19(22-17)15-9-7-14(8-10-15)11-23-13-21-16-5-3-4-6-18(16)23;1-2-17-13(16)11-8-18-12(15-11)10-5-3-9(7-14)4-6-10;1-2-4-7-6(3-1)8-5-9-7/h3-10,12-13H,2,11H2,1H3;3-6,8H,2,7H2,1H3;1-5H,(H,8,9). The van der Waals surface area contributed by atoms with E-state index in [2.05, 4.69) is 35.6 Å². The van der Waals surface area contributed by atoms with Gasteiger partial charge in [-0.3, -0.25) is 0 Å². The maximum atomic E-state index is 11.7. The highest BCUT2D eigenvalue weighted by Crippen LogP contribution is 2.22. The van der Waals surface area contributed by atoms with Crippen LogP contribution in [0.2, 0.25) is 0 Å². The molecule has 8 rings (SSSR count). The van der Waals surface area contributed by atoms with Gasteiger partial charge in [0.25, 0.3) is 0 Å². The number of benzene rings is 4. The predicted molar refractivity (Wildman–Crippen MR) is 200 cm³/mol. The molecule has 0 saturated heterocycles. The Hall–Kier alpha value is -6.53. The molecular weight excluding hydrogens is 696 g/mol. The second-order valence-corrected chi connectivity index (χ2v) is 11.6. The maximum absolute atomic E-state index is 11.7. The van der Waals surface area contributed by atoms with E-state index in [1.165, 1.54) is 12.5 Å². The van der Waals surface area contributed by atoms with E-state index in [0.717, 1.165) is 50.9 Å². The van der Waals surface area contributed by atoms with Crippen LogP contribution in [0.1, 0.15) is 46.0 Å². The monoisotopic (exact) mass is 730 g/mol. The van der Waals surface area contributed by atoms with Crippen LogP contribution in [0, 0.1) is 0 Å². The molecule has 13 heteroatoms. The number of imidazole rings is 2. The summed E-state index contributed by atoms with van der Waals surface area (Å²) in [6.45, 7) is 4.83. The number of nitrogens with zero attached hydrogens (tertiary/aromatic N) is 5. The SMILES string of the molecule is CCOC(=O)c1coc(-c2ccc(CCl)cc2)n1.CCOC(=O)c1coc(-c2ccc(Cn3cnc4ccccc43)cc2)n1.c1ccc2[nH]cnc2c1. The summed E-state index contributed by atoms with van der Waals surface area (Å²) < 4.78 is 22.5. The summed E-state index contributed by atoms with van der Waals surface area (Å²) in [6.07, 6.45) is 6.16. The molecule has 0 aliphatic rings. The van der Waals surface area contributed by atoms with Gasteiger partial charge in [-0.05, 0) is 73.5 Å². The highest BCUT2D eigenvalue weighted by Gasteiger charge is 2.15. The van der Waals surface area contributed by atoms with E-state index in [-0.39, 0.29) is 11.4 Å². The first-order valence-corrected chi connectivity index (χ1v) is 17.3. The van der Waals surface area contributed by atoms with Crippen LogP contribution in [-0.2, 0) is 21.9 Å². The summed E-state index contributed by atoms with van der Waals surface area (Å²) in [4.78, 5) is 42.9. The van der Waals surface area contributed by atoms with Gasteiger partial charge in [0.2, 0.25) is 11.8 Å². The fourth-order valence-electron chi connectivity index (χ4n) is 5.11. The summed E-state index contributed by atoms with van der Waals surface area (Å²) in [7, 11) is 0. The Morgan fingerprint density at radius 2 is 1.25 bits per heavy atom. The Balaban J connectivity index is 0.000000153. The van der Waals surface area contributed by atoms with Crippen LogP contribution in [-0.4, -0.2) is 54.6 Å². The van der Waals surface area contributed by atoms with Gasteiger partial charge in [-0.15, -0.1) is 11.6 Å². The Kier molecular flexibility index (Phi) is 12.0. The van der Waals surface area contributed by atoms with Gasteiger partial charge in [-0.2, -0.15) is 0 Å². The number of ether oxygens (including phenoxy) is 2. The molecule has 0 aliphatic carbocycles. The molecule has 1 N–H and O–H groups in total. The van der Waals surface area contributed by atoms with Gasteiger partial charge in [0.15, 0.2) is 11.4 Å². The number of alkyl halides is 1. The molecule has 0 bridgehead atoms. The smallest absolute Gasteiger partial charge is 0.360 e. The molecule has 0 fully saturated rings. The average molecular weight is 731 g/mol. The molecule has 53 heavy (non-hydrogen) atoms. The van der Waals surface area contributed by atoms with Gasteiger partial charge in [0, 0.05) is 23.6 Å². The number of aromatic amines is 1. The average Bonchev–Trinajstić information content (AvgIpc) is 4.04. The number of hydrogen-bond acceptors (Lipinski definition) is 10. The summed E-state index contributed by atoms with van der Waals surface area (Å²) in [5, 5.41) is 0. The van der Waals surface area contributed by atoms with Gasteiger partial charge in [0.1, 0.15) is 12.5 Å². The van der Waals surface area contributed by atoms with Crippen molar-refractivity contribution in [3.8, 4) is 22.9 Å². The molecule has 0 amide bonds. The highest BCUT2D eigenvalue weighted by atomic mass is 35.5. The number of fused-ring (bicyclic) bond motifs is 2. The lowest BCUT2D eigenvalue weighted by Gasteiger charge is -2.05. The number of halogens is 1. The van der Waals surface area contributed by atoms with Gasteiger partial charge in [-0.1, -0.05) is 48.5 Å². The number of nitrogens with one attached hydrogen (secondary N) is 1. The van der Waals surface area contributed by atoms with E-state index in [0.29, 0.717) is 30.9 Å². The topological polar surface area (TPSA) is 151 Å². The number of para-hydroxylation sites is 4. The molecule has 4 aromatic heterocycles. The molecule has 0 unspecified atom stereocenters. The largest absolute Gasteiger partial charge is 0.461 e. The molecule has 0 aliphatic heterocycles. The first-order valence-electron chi connectivity index (χ1n) is 16.7. The zero-order valence-electron chi connectivity index (χ0n) is 28.9. The number of carbonyl (C=O) groups is 2. The van der Waals surface area contributed by atoms with Crippen molar-refractivity contribution in [1.82, 2.24) is 29.5 Å². The number of esters is 2. The molecule has 8 aromatic rings. The lowest BCUT2D eigenvalue weighted by Crippen LogP contribution is -2.04. The predicted octanol–water partition coefficient (Wildman–Crippen LogP) is 8.74. The molecule has 4 heterocycles. The lowest BCUT2D eigenvalue weighted by atomic mass is 10.1. The maximum Gasteiger partial charge on any atom is 0.360 e. The first-order chi connectivity index (χ1) is 25.9. The zero-order valence-corrected chi connectivity index (χ0v) is 29.7. The van der Waals surface area contributed by atoms with E-state index >= 15 is 0 Å². The van der Waals surface area contributed by atoms with Crippen LogP contribution >= 0.6 is 11.6 Å². The number of oxazole rings is 2. The molecular formula is C40H35ClN6O6. The quantitative estimate of drug-likeness (QED) is 0.113. The van der Waals surface area contributed by atoms with E-state index < -0.39 is 11.9 Å². The fraction of sp³-hybridized carbons (Fsp3) is 0.150. The molecule has 12 nitrogen and oxygen atoms in total. The minimum atomic E-state index is -0.482. The summed E-state index contributed by atoms with van der Waals surface area (Å²) in [5.41, 5.74) is 8.30. The van der Waals surface area contributed by atoms with Crippen molar-refractivity contribution in [2.24, 2.45) is 0 Å². The van der Waals surface area contributed by atoms with Gasteiger partial charge >= 0.3 is 11.9 Å². The van der Waals surface area contributed by atoms with Crippen LogP contribution in [0.5, 0.6) is 0 Å². The fourth-order valence-corrected chi connectivity index (χ4v) is 5.29. The van der Waals surface area contributed by atoms with E-state index in [9.17, 15) is 9.59 Å². The van der Waals surface area contributed by atoms with Crippen LogP contribution in [0.25, 0.3) is 45.0 Å². The van der Waals surface area contributed by atoms with Gasteiger partial charge < -0.3 is 27.9 Å². The second-order valence-electron chi connectivity index (χ2n) is 11.3. The minimum Gasteiger partial charge on any atom is -0.461 e. The number of rotatable bonds is 9. The van der Waals surface area contributed by atoms with Crippen molar-refractivity contribution in [2.75, 3.05) is 13.2 Å². The third-order valence-corrected chi connectivity index (χ3v) is 8.05. The van der Waals surface area contributed by atoms with Crippen LogP contribution in [0.15, 0.2) is 131 Å². The minimum absolute atomic E-state index is 0.174. The Morgan fingerprint density at radius 1 is 0.698 bits per heavy atom. The zero-order chi connectivity index (χ0) is 37.0. The Bertz CT molecular complexity index is 2360. The normalized spacial score (nSPS) is 10.6. The molecule has 0 radical (unpaired) electrons. The summed E-state index contributed by atoms with van der Waals surface area (Å²) >= 11 is 5.71. The van der Waals surface area contributed by atoms with Crippen LogP contribution < -0.4 is 0 Å². The second kappa shape index (κ2) is 17.6. The van der Waals surface area contributed by atoms with Crippen LogP contribution in [0.4, 0.5) is 0 Å². The van der Waals surface area contributed by atoms with Crippen molar-refractivity contribution in [2.45, 2.75) is 26.3 Å². The molecule has 4 aromatic carbocycles. The number of aromatic nitrogens is 6. The molecule has 0 atom stereocenters. The molecule has 268 valence electrons. The van der Waals surface area contributed by atoms with Gasteiger partial charge in [-0.25, -0.2) is 29.5 Å². The van der Waals surface area contributed by atoms with Gasteiger partial charge in [0.05, 0.1) is 47.9 Å². The third-order valence-electron chi connectivity index (χ3n) is 7.74. The lowest BCUT2D eigenvalue weighted by molar-refractivity contribution is 0.0510. The Morgan fingerprint density at radius 3 is 1.81 bits per heavy atom. The van der Waals surface area contributed by atoms with Crippen molar-refractivity contribution >= 4 is 45.6 Å². The van der Waals surface area contributed by atoms with Crippen molar-refractivity contribution in [3.05, 3.63) is 145 Å².